The van der Waals surface area contributed by atoms with Crippen LogP contribution in [0.5, 0.6) is 0 Å². The van der Waals surface area contributed by atoms with Crippen molar-refractivity contribution in [1.82, 2.24) is 15.0 Å². The van der Waals surface area contributed by atoms with Gasteiger partial charge >= 0.3 is 0 Å². The summed E-state index contributed by atoms with van der Waals surface area (Å²) in [6, 6.07) is 2.31. The maximum atomic E-state index is 5.17. The minimum absolute atomic E-state index is 0.590. The molecule has 37 heavy (non-hydrogen) atoms. The molecule has 2 heterocycles. The Hall–Kier alpha value is -1.32. The summed E-state index contributed by atoms with van der Waals surface area (Å²) in [5.41, 5.74) is 4.72. The van der Waals surface area contributed by atoms with Gasteiger partial charge in [0.2, 0.25) is 0 Å². The Morgan fingerprint density at radius 2 is 1.00 bits per heavy atom. The van der Waals surface area contributed by atoms with Crippen LogP contribution >= 0.6 is 0 Å². The molecule has 0 aliphatic heterocycles. The highest BCUT2D eigenvalue weighted by Gasteiger charge is 2.18. The number of hydrogen-bond donors (Lipinski definition) is 1. The first-order valence-corrected chi connectivity index (χ1v) is 16.7. The molecular weight excluding hydrogens is 449 g/mol. The van der Waals surface area contributed by atoms with Gasteiger partial charge in [0.1, 0.15) is 5.52 Å². The number of aromatic nitrogens is 3. The molecule has 2 saturated carbocycles. The SMILES string of the molecule is B(c1cc2ncc(C3CCCCCCCCCCC3)nc2[nH]1)C1CCCCCCCCCCCCCC1. The Bertz CT molecular complexity index is 834. The van der Waals surface area contributed by atoms with Gasteiger partial charge in [0, 0.05) is 12.1 Å². The zero-order chi connectivity index (χ0) is 25.4. The molecule has 4 rings (SSSR count). The number of fused-ring (bicyclic) bond motifs is 1. The lowest BCUT2D eigenvalue weighted by molar-refractivity contribution is 0.462. The zero-order valence-corrected chi connectivity index (χ0v) is 24.1. The third-order valence-corrected chi connectivity index (χ3v) is 9.42. The summed E-state index contributed by atoms with van der Waals surface area (Å²) in [7, 11) is 1.18. The largest absolute Gasteiger partial charge is 0.351 e. The summed E-state index contributed by atoms with van der Waals surface area (Å²) in [4.78, 5) is 13.8. The average Bonchev–Trinajstić information content (AvgIpc) is 3.29. The summed E-state index contributed by atoms with van der Waals surface area (Å²) in [6.07, 6.45) is 37.4. The van der Waals surface area contributed by atoms with Crippen molar-refractivity contribution in [1.29, 1.82) is 0 Å². The Labute approximate surface area is 229 Å². The highest BCUT2D eigenvalue weighted by molar-refractivity contribution is 6.54. The summed E-state index contributed by atoms with van der Waals surface area (Å²) in [5.74, 6) is 1.40. The number of hydrogen-bond acceptors (Lipinski definition) is 2. The topological polar surface area (TPSA) is 41.6 Å². The van der Waals surface area contributed by atoms with Crippen molar-refractivity contribution in [3.63, 3.8) is 0 Å². The third kappa shape index (κ3) is 10.8. The van der Waals surface area contributed by atoms with Crippen LogP contribution in [0.4, 0.5) is 0 Å². The standard InChI is InChI=1S/C33H56BN3/c1-2-4-9-13-17-21-25-29(24-20-16-12-8-3-1)34-32-26-30-33(37-32)36-31(27-35-30)28-22-18-14-10-6-5-7-11-15-19-23-28/h26-29,34H,1-25H2,(H,36,37). The highest BCUT2D eigenvalue weighted by Crippen LogP contribution is 2.29. The van der Waals surface area contributed by atoms with Gasteiger partial charge in [-0.15, -0.1) is 0 Å². The first kappa shape index (κ1) is 28.7. The van der Waals surface area contributed by atoms with Gasteiger partial charge in [0.25, 0.3) is 0 Å². The quantitative estimate of drug-likeness (QED) is 0.422. The van der Waals surface area contributed by atoms with Crippen molar-refractivity contribution in [2.75, 3.05) is 0 Å². The van der Waals surface area contributed by atoms with Gasteiger partial charge in [-0.3, -0.25) is 4.98 Å². The fourth-order valence-electron chi connectivity index (χ4n) is 7.02. The normalized spacial score (nSPS) is 22.4. The average molecular weight is 506 g/mol. The number of H-pyrrole nitrogens is 1. The van der Waals surface area contributed by atoms with E-state index in [4.69, 9.17) is 9.97 Å². The van der Waals surface area contributed by atoms with Crippen LogP contribution in [0.15, 0.2) is 12.3 Å². The van der Waals surface area contributed by atoms with Gasteiger partial charge in [-0.1, -0.05) is 153 Å². The first-order valence-electron chi connectivity index (χ1n) is 16.7. The Balaban J connectivity index is 1.36. The second kappa shape index (κ2) is 17.3. The fraction of sp³-hybridized carbons (Fsp3) is 0.818. The Morgan fingerprint density at radius 1 is 0.568 bits per heavy atom. The lowest BCUT2D eigenvalue weighted by Gasteiger charge is -2.17. The van der Waals surface area contributed by atoms with E-state index in [1.165, 1.54) is 179 Å². The van der Waals surface area contributed by atoms with E-state index in [0.29, 0.717) is 5.92 Å². The van der Waals surface area contributed by atoms with Crippen molar-refractivity contribution in [3.05, 3.63) is 18.0 Å². The van der Waals surface area contributed by atoms with Gasteiger partial charge in [0.15, 0.2) is 12.9 Å². The van der Waals surface area contributed by atoms with Crippen LogP contribution in [0.2, 0.25) is 5.82 Å². The van der Waals surface area contributed by atoms with E-state index in [9.17, 15) is 0 Å². The summed E-state index contributed by atoms with van der Waals surface area (Å²) in [6.45, 7) is 0. The fourth-order valence-corrected chi connectivity index (χ4v) is 7.02. The predicted molar refractivity (Wildman–Crippen MR) is 163 cm³/mol. The van der Waals surface area contributed by atoms with Crippen LogP contribution in [-0.2, 0) is 0 Å². The second-order valence-electron chi connectivity index (χ2n) is 12.7. The van der Waals surface area contributed by atoms with E-state index in [0.717, 1.165) is 17.0 Å². The van der Waals surface area contributed by atoms with E-state index in [1.54, 1.807) is 0 Å². The minimum atomic E-state index is 0.590. The van der Waals surface area contributed by atoms with Crippen molar-refractivity contribution < 1.29 is 0 Å². The van der Waals surface area contributed by atoms with E-state index >= 15 is 0 Å². The number of nitrogens with zero attached hydrogens (tertiary/aromatic N) is 2. The Kier molecular flexibility index (Phi) is 13.4. The molecule has 3 nitrogen and oxygen atoms in total. The predicted octanol–water partition coefficient (Wildman–Crippen LogP) is 9.67. The first-order chi connectivity index (χ1) is 18.4. The molecule has 0 saturated heterocycles. The number of aromatic amines is 1. The molecule has 0 bridgehead atoms. The maximum absolute atomic E-state index is 5.17. The molecule has 1 N–H and O–H groups in total. The molecule has 4 heteroatoms. The van der Waals surface area contributed by atoms with Crippen molar-refractivity contribution in [2.45, 2.75) is 172 Å². The molecule has 2 fully saturated rings. The molecule has 0 aromatic carbocycles. The highest BCUT2D eigenvalue weighted by atomic mass is 14.9. The zero-order valence-electron chi connectivity index (χ0n) is 24.1. The van der Waals surface area contributed by atoms with Crippen molar-refractivity contribution >= 4 is 24.0 Å². The smallest absolute Gasteiger partial charge is 0.182 e. The summed E-state index contributed by atoms with van der Waals surface area (Å²) in [5, 5.41) is 0. The van der Waals surface area contributed by atoms with Crippen molar-refractivity contribution in [3.8, 4) is 0 Å². The van der Waals surface area contributed by atoms with Crippen LogP contribution in [0.3, 0.4) is 0 Å². The molecule has 0 unspecified atom stereocenters. The second-order valence-corrected chi connectivity index (χ2v) is 12.7. The maximum Gasteiger partial charge on any atom is 0.182 e. The van der Waals surface area contributed by atoms with Crippen LogP contribution in [0.1, 0.15) is 172 Å². The van der Waals surface area contributed by atoms with Gasteiger partial charge in [-0.2, -0.15) is 0 Å². The van der Waals surface area contributed by atoms with Crippen LogP contribution in [0, 0.1) is 0 Å². The molecule has 0 radical (unpaired) electrons. The van der Waals surface area contributed by atoms with Gasteiger partial charge in [0.05, 0.1) is 5.69 Å². The minimum Gasteiger partial charge on any atom is -0.351 e. The van der Waals surface area contributed by atoms with E-state index in [-0.39, 0.29) is 0 Å². The molecular formula is C33H56BN3. The molecule has 0 atom stereocenters. The van der Waals surface area contributed by atoms with Gasteiger partial charge in [-0.05, 0) is 24.5 Å². The lowest BCUT2D eigenvalue weighted by atomic mass is 9.58. The molecule has 2 aromatic rings. The van der Waals surface area contributed by atoms with E-state index < -0.39 is 0 Å². The summed E-state index contributed by atoms with van der Waals surface area (Å²) >= 11 is 0. The van der Waals surface area contributed by atoms with Gasteiger partial charge in [-0.25, -0.2) is 4.98 Å². The monoisotopic (exact) mass is 505 g/mol. The molecule has 206 valence electrons. The van der Waals surface area contributed by atoms with E-state index in [1.807, 2.05) is 0 Å². The Morgan fingerprint density at radius 3 is 1.49 bits per heavy atom. The molecule has 2 aliphatic carbocycles. The lowest BCUT2D eigenvalue weighted by Crippen LogP contribution is -2.21. The van der Waals surface area contributed by atoms with Crippen molar-refractivity contribution in [2.24, 2.45) is 0 Å². The number of nitrogens with one attached hydrogen (secondary N) is 1. The number of rotatable bonds is 3. The van der Waals surface area contributed by atoms with Gasteiger partial charge < -0.3 is 4.98 Å². The van der Waals surface area contributed by atoms with Crippen LogP contribution < -0.4 is 5.59 Å². The van der Waals surface area contributed by atoms with E-state index in [2.05, 4.69) is 17.2 Å². The molecule has 0 amide bonds. The molecule has 2 aromatic heterocycles. The molecule has 0 spiro atoms. The van der Waals surface area contributed by atoms with Crippen LogP contribution in [0.25, 0.3) is 11.2 Å². The van der Waals surface area contributed by atoms with Crippen LogP contribution in [-0.4, -0.2) is 22.2 Å². The third-order valence-electron chi connectivity index (χ3n) is 9.42. The summed E-state index contributed by atoms with van der Waals surface area (Å²) < 4.78 is 0. The molecule has 2 aliphatic rings.